The van der Waals surface area contributed by atoms with Crippen LogP contribution in [0.2, 0.25) is 0 Å². The zero-order chi connectivity index (χ0) is 21.7. The Balaban J connectivity index is 1.61. The van der Waals surface area contributed by atoms with E-state index in [9.17, 15) is 13.2 Å². The van der Waals surface area contributed by atoms with Crippen molar-refractivity contribution in [1.82, 2.24) is 9.62 Å². The summed E-state index contributed by atoms with van der Waals surface area (Å²) in [5.74, 6) is 1.03. The molecule has 5 nitrogen and oxygen atoms in total. The summed E-state index contributed by atoms with van der Waals surface area (Å²) < 4.78 is 25.6. The van der Waals surface area contributed by atoms with Crippen LogP contribution in [0.15, 0.2) is 24.3 Å². The van der Waals surface area contributed by atoms with Gasteiger partial charge in [0.1, 0.15) is 0 Å². The van der Waals surface area contributed by atoms with E-state index in [1.807, 2.05) is 0 Å². The molecule has 6 heteroatoms. The topological polar surface area (TPSA) is 66.5 Å². The second-order valence-corrected chi connectivity index (χ2v) is 11.6. The van der Waals surface area contributed by atoms with Crippen LogP contribution in [0.1, 0.15) is 88.8 Å². The SMILES string of the molecule is CCS(=O)(=O)N1CCC(C(=O)N[C@H](c2ccc(C3CCCCC3)cc2)C(C)C)CC1. The summed E-state index contributed by atoms with van der Waals surface area (Å²) >= 11 is 0. The standard InChI is InChI=1S/C24H38N2O3S/c1-4-30(28,29)26-16-14-22(15-17-26)24(27)25-23(18(2)3)21-12-10-20(11-13-21)19-8-6-5-7-9-19/h10-13,18-19,22-23H,4-9,14-17H2,1-3H3,(H,25,27)/t23-/m0/s1. The summed E-state index contributed by atoms with van der Waals surface area (Å²) in [5, 5.41) is 3.26. The minimum Gasteiger partial charge on any atom is -0.349 e. The highest BCUT2D eigenvalue weighted by Crippen LogP contribution is 2.33. The van der Waals surface area contributed by atoms with Gasteiger partial charge in [0.25, 0.3) is 0 Å². The summed E-state index contributed by atoms with van der Waals surface area (Å²) in [7, 11) is -3.16. The zero-order valence-corrected chi connectivity index (χ0v) is 19.6. The van der Waals surface area contributed by atoms with Gasteiger partial charge >= 0.3 is 0 Å². The van der Waals surface area contributed by atoms with Gasteiger partial charge in [-0.25, -0.2) is 12.7 Å². The van der Waals surface area contributed by atoms with E-state index < -0.39 is 10.0 Å². The lowest BCUT2D eigenvalue weighted by Gasteiger charge is -2.32. The molecule has 1 heterocycles. The van der Waals surface area contributed by atoms with E-state index in [2.05, 4.69) is 43.4 Å². The number of amides is 1. The van der Waals surface area contributed by atoms with E-state index in [4.69, 9.17) is 0 Å². The molecule has 0 unspecified atom stereocenters. The highest BCUT2D eigenvalue weighted by atomic mass is 32.2. The van der Waals surface area contributed by atoms with Crippen LogP contribution in [0.5, 0.6) is 0 Å². The lowest BCUT2D eigenvalue weighted by Crippen LogP contribution is -2.44. The Kier molecular flexibility index (Phi) is 7.97. The van der Waals surface area contributed by atoms with Crippen molar-refractivity contribution >= 4 is 15.9 Å². The summed E-state index contributed by atoms with van der Waals surface area (Å²) in [6, 6.07) is 8.86. The molecular weight excluding hydrogens is 396 g/mol. The Hall–Kier alpha value is -1.40. The molecule has 1 atom stereocenters. The number of benzene rings is 1. The first-order valence-corrected chi connectivity index (χ1v) is 13.3. The van der Waals surface area contributed by atoms with Crippen LogP contribution >= 0.6 is 0 Å². The molecule has 1 aromatic rings. The fourth-order valence-electron chi connectivity index (χ4n) is 4.90. The predicted molar refractivity (Wildman–Crippen MR) is 122 cm³/mol. The van der Waals surface area contributed by atoms with Crippen molar-refractivity contribution in [3.05, 3.63) is 35.4 Å². The van der Waals surface area contributed by atoms with Gasteiger partial charge in [-0.3, -0.25) is 4.79 Å². The quantitative estimate of drug-likeness (QED) is 0.681. The van der Waals surface area contributed by atoms with Crippen LogP contribution in [0.25, 0.3) is 0 Å². The van der Waals surface area contributed by atoms with Crippen molar-refractivity contribution in [3.63, 3.8) is 0 Å². The maximum absolute atomic E-state index is 12.9. The van der Waals surface area contributed by atoms with Gasteiger partial charge in [-0.2, -0.15) is 0 Å². The molecule has 1 saturated carbocycles. The third kappa shape index (κ3) is 5.64. The van der Waals surface area contributed by atoms with E-state index >= 15 is 0 Å². The van der Waals surface area contributed by atoms with Gasteiger partial charge in [0.05, 0.1) is 11.8 Å². The molecule has 168 valence electrons. The minimum absolute atomic E-state index is 0.0182. The first-order chi connectivity index (χ1) is 14.3. The van der Waals surface area contributed by atoms with Crippen molar-refractivity contribution in [1.29, 1.82) is 0 Å². The normalized spacial score (nSPS) is 20.9. The number of carbonyl (C=O) groups excluding carboxylic acids is 1. The molecule has 0 aromatic heterocycles. The first-order valence-electron chi connectivity index (χ1n) is 11.7. The highest BCUT2D eigenvalue weighted by molar-refractivity contribution is 7.89. The second kappa shape index (κ2) is 10.3. The van der Waals surface area contributed by atoms with E-state index in [0.717, 1.165) is 5.56 Å². The van der Waals surface area contributed by atoms with Crippen LogP contribution in [-0.4, -0.2) is 37.5 Å². The number of carbonyl (C=O) groups is 1. The van der Waals surface area contributed by atoms with Crippen molar-refractivity contribution < 1.29 is 13.2 Å². The second-order valence-electron chi connectivity index (χ2n) is 9.31. The van der Waals surface area contributed by atoms with E-state index in [0.29, 0.717) is 31.8 Å². The van der Waals surface area contributed by atoms with Crippen LogP contribution in [-0.2, 0) is 14.8 Å². The molecule has 1 N–H and O–H groups in total. The summed E-state index contributed by atoms with van der Waals surface area (Å²) in [5.41, 5.74) is 2.58. The largest absolute Gasteiger partial charge is 0.349 e. The highest BCUT2D eigenvalue weighted by Gasteiger charge is 2.31. The smallest absolute Gasteiger partial charge is 0.223 e. The molecular formula is C24H38N2O3S. The Bertz CT molecular complexity index is 790. The number of rotatable bonds is 7. The Morgan fingerprint density at radius 2 is 1.63 bits per heavy atom. The van der Waals surface area contributed by atoms with Gasteiger partial charge in [-0.05, 0) is 55.6 Å². The predicted octanol–water partition coefficient (Wildman–Crippen LogP) is 4.61. The van der Waals surface area contributed by atoms with Crippen LogP contribution < -0.4 is 5.32 Å². The average molecular weight is 435 g/mol. The Morgan fingerprint density at radius 1 is 1.03 bits per heavy atom. The number of nitrogens with one attached hydrogen (secondary N) is 1. The van der Waals surface area contributed by atoms with Gasteiger partial charge in [0.2, 0.25) is 15.9 Å². The molecule has 0 radical (unpaired) electrons. The monoisotopic (exact) mass is 434 g/mol. The Morgan fingerprint density at radius 3 is 2.17 bits per heavy atom. The maximum Gasteiger partial charge on any atom is 0.223 e. The van der Waals surface area contributed by atoms with Gasteiger partial charge in [0.15, 0.2) is 0 Å². The summed E-state index contributed by atoms with van der Waals surface area (Å²) in [6.07, 6.45) is 7.78. The molecule has 1 aliphatic carbocycles. The first kappa shape index (κ1) is 23.3. The molecule has 30 heavy (non-hydrogen) atoms. The number of nitrogens with zero attached hydrogens (tertiary/aromatic N) is 1. The van der Waals surface area contributed by atoms with Crippen molar-refractivity contribution in [2.75, 3.05) is 18.8 Å². The van der Waals surface area contributed by atoms with Gasteiger partial charge < -0.3 is 5.32 Å². The van der Waals surface area contributed by atoms with Crippen molar-refractivity contribution in [2.24, 2.45) is 11.8 Å². The molecule has 1 saturated heterocycles. The molecule has 2 fully saturated rings. The lowest BCUT2D eigenvalue weighted by atomic mass is 9.83. The minimum atomic E-state index is -3.16. The third-order valence-corrected chi connectivity index (χ3v) is 8.80. The molecule has 3 rings (SSSR count). The van der Waals surface area contributed by atoms with Crippen LogP contribution in [0.4, 0.5) is 0 Å². The lowest BCUT2D eigenvalue weighted by molar-refractivity contribution is -0.127. The van der Waals surface area contributed by atoms with Crippen LogP contribution in [0, 0.1) is 11.8 Å². The zero-order valence-electron chi connectivity index (χ0n) is 18.8. The molecule has 1 aromatic carbocycles. The van der Waals surface area contributed by atoms with Gasteiger partial charge in [-0.1, -0.05) is 57.4 Å². The summed E-state index contributed by atoms with van der Waals surface area (Å²) in [4.78, 5) is 12.9. The fourth-order valence-corrected chi connectivity index (χ4v) is 6.03. The molecule has 1 aliphatic heterocycles. The van der Waals surface area contributed by atoms with Gasteiger partial charge in [0, 0.05) is 19.0 Å². The number of hydrogen-bond donors (Lipinski definition) is 1. The van der Waals surface area contributed by atoms with Crippen molar-refractivity contribution in [2.45, 2.75) is 77.7 Å². The van der Waals surface area contributed by atoms with E-state index in [1.54, 1.807) is 6.92 Å². The average Bonchev–Trinajstić information content (AvgIpc) is 2.78. The molecule has 0 bridgehead atoms. The fraction of sp³-hybridized carbons (Fsp3) is 0.708. The Labute approximate surface area is 182 Å². The molecule has 1 amide bonds. The van der Waals surface area contributed by atoms with Gasteiger partial charge in [-0.15, -0.1) is 0 Å². The van der Waals surface area contributed by atoms with Crippen LogP contribution in [0.3, 0.4) is 0 Å². The number of piperidine rings is 1. The van der Waals surface area contributed by atoms with E-state index in [-0.39, 0.29) is 29.5 Å². The third-order valence-electron chi connectivity index (χ3n) is 6.92. The maximum atomic E-state index is 12.9. The number of hydrogen-bond acceptors (Lipinski definition) is 3. The number of sulfonamides is 1. The molecule has 2 aliphatic rings. The van der Waals surface area contributed by atoms with E-state index in [1.165, 1.54) is 42.0 Å². The summed E-state index contributed by atoms with van der Waals surface area (Å²) in [6.45, 7) is 6.82. The molecule has 0 spiro atoms. The van der Waals surface area contributed by atoms with Crippen molar-refractivity contribution in [3.8, 4) is 0 Å².